The Morgan fingerprint density at radius 1 is 1.44 bits per heavy atom. The standard InChI is InChI=1S/C14H23N3O/c1-3-5-6-10-16-14(15-4-2)17-11-9-13-8-7-12-18-13/h3,5,7-8,12H,4,6,9-11H2,1-2H3,(H2,15,16,17). The van der Waals surface area contributed by atoms with Gasteiger partial charge in [0, 0.05) is 26.1 Å². The van der Waals surface area contributed by atoms with E-state index in [0.29, 0.717) is 0 Å². The van der Waals surface area contributed by atoms with Crippen LogP contribution in [0.15, 0.2) is 40.0 Å². The number of rotatable bonds is 7. The van der Waals surface area contributed by atoms with E-state index in [4.69, 9.17) is 4.42 Å². The van der Waals surface area contributed by atoms with E-state index >= 15 is 0 Å². The molecule has 0 aliphatic carbocycles. The van der Waals surface area contributed by atoms with Crippen LogP contribution in [0.3, 0.4) is 0 Å². The van der Waals surface area contributed by atoms with Gasteiger partial charge in [-0.25, -0.2) is 0 Å². The highest BCUT2D eigenvalue weighted by atomic mass is 16.3. The highest BCUT2D eigenvalue weighted by Crippen LogP contribution is 1.99. The molecule has 1 heterocycles. The quantitative estimate of drug-likeness (QED) is 0.337. The molecule has 0 atom stereocenters. The van der Waals surface area contributed by atoms with Crippen molar-refractivity contribution in [2.24, 2.45) is 4.99 Å². The maximum absolute atomic E-state index is 5.28. The summed E-state index contributed by atoms with van der Waals surface area (Å²) >= 11 is 0. The smallest absolute Gasteiger partial charge is 0.191 e. The van der Waals surface area contributed by atoms with Gasteiger partial charge in [0.15, 0.2) is 5.96 Å². The van der Waals surface area contributed by atoms with Gasteiger partial charge in [-0.05, 0) is 32.4 Å². The second kappa shape index (κ2) is 9.33. The molecule has 0 aromatic carbocycles. The summed E-state index contributed by atoms with van der Waals surface area (Å²) in [4.78, 5) is 4.48. The molecule has 0 unspecified atom stereocenters. The monoisotopic (exact) mass is 249 g/mol. The third-order valence-corrected chi connectivity index (χ3v) is 2.39. The van der Waals surface area contributed by atoms with E-state index in [2.05, 4.69) is 28.6 Å². The Balaban J connectivity index is 2.27. The highest BCUT2D eigenvalue weighted by molar-refractivity contribution is 5.79. The molecule has 4 heteroatoms. The zero-order chi connectivity index (χ0) is 13.1. The van der Waals surface area contributed by atoms with Gasteiger partial charge in [-0.3, -0.25) is 4.99 Å². The van der Waals surface area contributed by atoms with Gasteiger partial charge in [0.2, 0.25) is 0 Å². The summed E-state index contributed by atoms with van der Waals surface area (Å²) in [5, 5.41) is 6.51. The largest absolute Gasteiger partial charge is 0.469 e. The molecule has 0 bridgehead atoms. The molecule has 0 aliphatic rings. The van der Waals surface area contributed by atoms with Crippen molar-refractivity contribution in [1.82, 2.24) is 10.6 Å². The number of nitrogens with zero attached hydrogens (tertiary/aromatic N) is 1. The minimum Gasteiger partial charge on any atom is -0.469 e. The van der Waals surface area contributed by atoms with Gasteiger partial charge in [0.25, 0.3) is 0 Å². The second-order valence-electron chi connectivity index (χ2n) is 3.87. The minimum absolute atomic E-state index is 0.806. The van der Waals surface area contributed by atoms with Crippen LogP contribution in [-0.4, -0.2) is 25.6 Å². The first-order valence-corrected chi connectivity index (χ1v) is 6.52. The van der Waals surface area contributed by atoms with Crippen LogP contribution in [0.2, 0.25) is 0 Å². The average Bonchev–Trinajstić information content (AvgIpc) is 2.87. The number of allylic oxidation sites excluding steroid dienone is 1. The van der Waals surface area contributed by atoms with Gasteiger partial charge >= 0.3 is 0 Å². The predicted molar refractivity (Wildman–Crippen MR) is 75.8 cm³/mol. The van der Waals surface area contributed by atoms with Crippen LogP contribution in [0.5, 0.6) is 0 Å². The van der Waals surface area contributed by atoms with Crippen molar-refractivity contribution < 1.29 is 4.42 Å². The molecule has 1 aromatic rings. The second-order valence-corrected chi connectivity index (χ2v) is 3.87. The fourth-order valence-corrected chi connectivity index (χ4v) is 1.52. The first-order valence-electron chi connectivity index (χ1n) is 6.52. The Kier molecular flexibility index (Phi) is 7.44. The lowest BCUT2D eigenvalue weighted by atomic mass is 10.3. The number of aliphatic imine (C=N–C) groups is 1. The molecule has 18 heavy (non-hydrogen) atoms. The van der Waals surface area contributed by atoms with Crippen molar-refractivity contribution in [3.63, 3.8) is 0 Å². The summed E-state index contributed by atoms with van der Waals surface area (Å²) in [7, 11) is 0. The van der Waals surface area contributed by atoms with Crippen molar-refractivity contribution in [3.8, 4) is 0 Å². The Morgan fingerprint density at radius 2 is 2.33 bits per heavy atom. The van der Waals surface area contributed by atoms with E-state index in [-0.39, 0.29) is 0 Å². The summed E-state index contributed by atoms with van der Waals surface area (Å²) in [5.41, 5.74) is 0. The van der Waals surface area contributed by atoms with Crippen LogP contribution in [0.1, 0.15) is 26.0 Å². The van der Waals surface area contributed by atoms with Crippen molar-refractivity contribution in [2.75, 3.05) is 19.6 Å². The van der Waals surface area contributed by atoms with Crippen molar-refractivity contribution >= 4 is 5.96 Å². The molecule has 1 aromatic heterocycles. The van der Waals surface area contributed by atoms with Crippen LogP contribution >= 0.6 is 0 Å². The van der Waals surface area contributed by atoms with E-state index in [1.807, 2.05) is 25.1 Å². The molecule has 100 valence electrons. The number of furan rings is 1. The summed E-state index contributed by atoms with van der Waals surface area (Å²) in [5.74, 6) is 1.86. The van der Waals surface area contributed by atoms with Crippen LogP contribution < -0.4 is 10.6 Å². The first-order chi connectivity index (χ1) is 8.86. The number of nitrogens with one attached hydrogen (secondary N) is 2. The Labute approximate surface area is 109 Å². The normalized spacial score (nSPS) is 12.0. The third-order valence-electron chi connectivity index (χ3n) is 2.39. The minimum atomic E-state index is 0.806. The van der Waals surface area contributed by atoms with Crippen molar-refractivity contribution in [1.29, 1.82) is 0 Å². The van der Waals surface area contributed by atoms with Gasteiger partial charge in [-0.2, -0.15) is 0 Å². The average molecular weight is 249 g/mol. The maximum atomic E-state index is 5.28. The van der Waals surface area contributed by atoms with Gasteiger partial charge in [-0.1, -0.05) is 12.2 Å². The van der Waals surface area contributed by atoms with Crippen molar-refractivity contribution in [2.45, 2.75) is 26.7 Å². The maximum Gasteiger partial charge on any atom is 0.191 e. The van der Waals surface area contributed by atoms with Gasteiger partial charge in [0.05, 0.1) is 6.26 Å². The number of hydrogen-bond donors (Lipinski definition) is 2. The molecular formula is C14H23N3O. The molecule has 0 spiro atoms. The molecule has 2 N–H and O–H groups in total. The molecule has 4 nitrogen and oxygen atoms in total. The molecule has 0 amide bonds. The summed E-state index contributed by atoms with van der Waals surface area (Å²) in [6.07, 6.45) is 7.71. The number of hydrogen-bond acceptors (Lipinski definition) is 2. The molecule has 1 rings (SSSR count). The predicted octanol–water partition coefficient (Wildman–Crippen LogP) is 2.34. The highest BCUT2D eigenvalue weighted by Gasteiger charge is 1.98. The zero-order valence-electron chi connectivity index (χ0n) is 11.3. The Hall–Kier alpha value is -1.71. The van der Waals surface area contributed by atoms with Gasteiger partial charge in [0.1, 0.15) is 5.76 Å². The zero-order valence-corrected chi connectivity index (χ0v) is 11.3. The number of guanidine groups is 1. The topological polar surface area (TPSA) is 49.6 Å². The lowest BCUT2D eigenvalue weighted by Gasteiger charge is -2.10. The molecule has 0 saturated carbocycles. The summed E-state index contributed by atoms with van der Waals surface area (Å²) in [6.45, 7) is 6.59. The summed E-state index contributed by atoms with van der Waals surface area (Å²) in [6, 6.07) is 3.89. The van der Waals surface area contributed by atoms with Gasteiger partial charge < -0.3 is 15.1 Å². The molecule has 0 saturated heterocycles. The van der Waals surface area contributed by atoms with E-state index in [1.54, 1.807) is 6.26 Å². The van der Waals surface area contributed by atoms with Crippen LogP contribution in [0.4, 0.5) is 0 Å². The van der Waals surface area contributed by atoms with Crippen molar-refractivity contribution in [3.05, 3.63) is 36.3 Å². The molecule has 0 aliphatic heterocycles. The lowest BCUT2D eigenvalue weighted by molar-refractivity contribution is 0.507. The van der Waals surface area contributed by atoms with E-state index in [1.165, 1.54) is 0 Å². The SMILES string of the molecule is CC=CCCN=C(NCC)NCCc1ccco1. The fourth-order valence-electron chi connectivity index (χ4n) is 1.52. The Bertz CT molecular complexity index is 355. The lowest BCUT2D eigenvalue weighted by Crippen LogP contribution is -2.38. The fraction of sp³-hybridized carbons (Fsp3) is 0.500. The third kappa shape index (κ3) is 6.13. The summed E-state index contributed by atoms with van der Waals surface area (Å²) < 4.78 is 5.28. The molecule has 0 fully saturated rings. The molecule has 0 radical (unpaired) electrons. The van der Waals surface area contributed by atoms with Crippen LogP contribution in [0.25, 0.3) is 0 Å². The van der Waals surface area contributed by atoms with E-state index in [0.717, 1.165) is 44.2 Å². The van der Waals surface area contributed by atoms with E-state index in [9.17, 15) is 0 Å². The Morgan fingerprint density at radius 3 is 3.00 bits per heavy atom. The van der Waals surface area contributed by atoms with Crippen LogP contribution in [0, 0.1) is 0 Å². The first kappa shape index (κ1) is 14.4. The van der Waals surface area contributed by atoms with Crippen LogP contribution in [-0.2, 0) is 6.42 Å². The van der Waals surface area contributed by atoms with Gasteiger partial charge in [-0.15, -0.1) is 0 Å². The van der Waals surface area contributed by atoms with E-state index < -0.39 is 0 Å². The molecular weight excluding hydrogens is 226 g/mol.